The van der Waals surface area contributed by atoms with Crippen molar-refractivity contribution in [3.8, 4) is 5.75 Å². The van der Waals surface area contributed by atoms with Gasteiger partial charge in [-0.1, -0.05) is 12.1 Å². The molecule has 16 nitrogen and oxygen atoms in total. The molecule has 0 saturated heterocycles. The SMILES string of the molecule is NC(=O)CC(N)C(=O)NC(Cc1cnc[nH]1)C(=O)NC(Cc1ccc(O)cc1)C(=O)NC(CC(=O)O)C(=O)O. The summed E-state index contributed by atoms with van der Waals surface area (Å²) in [6.45, 7) is 0. The van der Waals surface area contributed by atoms with Gasteiger partial charge < -0.3 is 47.7 Å². The molecule has 0 aliphatic carbocycles. The van der Waals surface area contributed by atoms with Crippen molar-refractivity contribution in [3.63, 3.8) is 0 Å². The van der Waals surface area contributed by atoms with Crippen molar-refractivity contribution >= 4 is 35.6 Å². The molecule has 2 aromatic rings. The Morgan fingerprint density at radius 3 is 1.92 bits per heavy atom. The molecule has 0 aliphatic heterocycles. The summed E-state index contributed by atoms with van der Waals surface area (Å²) in [5.41, 5.74) is 11.6. The van der Waals surface area contributed by atoms with Gasteiger partial charge in [-0.3, -0.25) is 24.0 Å². The highest BCUT2D eigenvalue weighted by Gasteiger charge is 2.32. The molecular formula is C23H29N7O9. The Balaban J connectivity index is 2.30. The molecule has 11 N–H and O–H groups in total. The molecule has 0 aliphatic rings. The third kappa shape index (κ3) is 10.1. The van der Waals surface area contributed by atoms with Gasteiger partial charge in [-0.2, -0.15) is 0 Å². The lowest BCUT2D eigenvalue weighted by Gasteiger charge is -2.25. The molecule has 4 unspecified atom stereocenters. The van der Waals surface area contributed by atoms with Crippen molar-refractivity contribution in [3.05, 3.63) is 48.0 Å². The number of nitrogens with zero attached hydrogens (tertiary/aromatic N) is 1. The van der Waals surface area contributed by atoms with Crippen LogP contribution in [0.5, 0.6) is 5.75 Å². The van der Waals surface area contributed by atoms with Crippen molar-refractivity contribution in [1.29, 1.82) is 0 Å². The molecular weight excluding hydrogens is 518 g/mol. The molecule has 0 fully saturated rings. The Morgan fingerprint density at radius 2 is 1.41 bits per heavy atom. The first-order chi connectivity index (χ1) is 18.3. The van der Waals surface area contributed by atoms with E-state index < -0.39 is 72.6 Å². The lowest BCUT2D eigenvalue weighted by molar-refractivity contribution is -0.147. The highest BCUT2D eigenvalue weighted by molar-refractivity contribution is 5.95. The number of amides is 4. The van der Waals surface area contributed by atoms with E-state index in [1.54, 1.807) is 0 Å². The molecule has 2 rings (SSSR count). The van der Waals surface area contributed by atoms with Gasteiger partial charge in [0.1, 0.15) is 23.9 Å². The summed E-state index contributed by atoms with van der Waals surface area (Å²) in [6, 6.07) is -0.333. The molecule has 16 heteroatoms. The number of aromatic nitrogens is 2. The molecule has 210 valence electrons. The maximum Gasteiger partial charge on any atom is 0.326 e. The van der Waals surface area contributed by atoms with E-state index in [1.165, 1.54) is 36.8 Å². The van der Waals surface area contributed by atoms with Gasteiger partial charge in [0.15, 0.2) is 0 Å². The maximum atomic E-state index is 13.3. The summed E-state index contributed by atoms with van der Waals surface area (Å²) in [5, 5.41) is 34.7. The Kier molecular flexibility index (Phi) is 10.9. The van der Waals surface area contributed by atoms with Crippen LogP contribution in [-0.2, 0) is 41.6 Å². The van der Waals surface area contributed by atoms with Gasteiger partial charge >= 0.3 is 11.9 Å². The van der Waals surface area contributed by atoms with Crippen LogP contribution in [0.2, 0.25) is 0 Å². The second-order valence-electron chi connectivity index (χ2n) is 8.55. The Morgan fingerprint density at radius 1 is 0.846 bits per heavy atom. The minimum Gasteiger partial charge on any atom is -0.508 e. The van der Waals surface area contributed by atoms with Crippen LogP contribution in [0.4, 0.5) is 0 Å². The number of nitrogens with one attached hydrogen (secondary N) is 4. The molecule has 1 aromatic heterocycles. The quantitative estimate of drug-likeness (QED) is 0.109. The van der Waals surface area contributed by atoms with Crippen LogP contribution in [0.25, 0.3) is 0 Å². The van der Waals surface area contributed by atoms with Gasteiger partial charge in [0.05, 0.1) is 25.2 Å². The fourth-order valence-electron chi connectivity index (χ4n) is 3.41. The number of aromatic amines is 1. The van der Waals surface area contributed by atoms with Crippen LogP contribution in [-0.4, -0.2) is 85.0 Å². The third-order valence-corrected chi connectivity index (χ3v) is 5.37. The number of benzene rings is 1. The van der Waals surface area contributed by atoms with Gasteiger partial charge in [-0.15, -0.1) is 0 Å². The number of phenols is 1. The van der Waals surface area contributed by atoms with Crippen LogP contribution in [0.3, 0.4) is 0 Å². The van der Waals surface area contributed by atoms with Crippen LogP contribution in [0.1, 0.15) is 24.1 Å². The van der Waals surface area contributed by atoms with E-state index in [9.17, 15) is 39.0 Å². The molecule has 1 heterocycles. The molecule has 0 saturated carbocycles. The minimum atomic E-state index is -1.79. The Labute approximate surface area is 221 Å². The number of primary amides is 1. The van der Waals surface area contributed by atoms with Gasteiger partial charge in [0.25, 0.3) is 0 Å². The lowest BCUT2D eigenvalue weighted by atomic mass is 10.0. The summed E-state index contributed by atoms with van der Waals surface area (Å²) >= 11 is 0. The zero-order valence-electron chi connectivity index (χ0n) is 20.5. The van der Waals surface area contributed by atoms with Crippen LogP contribution < -0.4 is 27.4 Å². The molecule has 39 heavy (non-hydrogen) atoms. The van der Waals surface area contributed by atoms with E-state index in [0.29, 0.717) is 11.3 Å². The van der Waals surface area contributed by atoms with Gasteiger partial charge in [-0.25, -0.2) is 9.78 Å². The van der Waals surface area contributed by atoms with Crippen molar-refractivity contribution < 1.29 is 44.1 Å². The first kappa shape index (κ1) is 30.2. The third-order valence-electron chi connectivity index (χ3n) is 5.37. The number of imidazole rings is 1. The molecule has 0 radical (unpaired) electrons. The predicted molar refractivity (Wildman–Crippen MR) is 132 cm³/mol. The topological polar surface area (TPSA) is 280 Å². The van der Waals surface area contributed by atoms with E-state index in [1.807, 2.05) is 0 Å². The summed E-state index contributed by atoms with van der Waals surface area (Å²) < 4.78 is 0. The summed E-state index contributed by atoms with van der Waals surface area (Å²) in [6.07, 6.45) is 0.988. The number of carbonyl (C=O) groups excluding carboxylic acids is 4. The number of hydrogen-bond acceptors (Lipinski definition) is 9. The first-order valence-corrected chi connectivity index (χ1v) is 11.5. The zero-order chi connectivity index (χ0) is 29.1. The van der Waals surface area contributed by atoms with E-state index >= 15 is 0 Å². The highest BCUT2D eigenvalue weighted by atomic mass is 16.4. The van der Waals surface area contributed by atoms with Crippen LogP contribution >= 0.6 is 0 Å². The largest absolute Gasteiger partial charge is 0.508 e. The number of H-pyrrole nitrogens is 1. The molecule has 4 atom stereocenters. The number of hydrogen-bond donors (Lipinski definition) is 9. The fourth-order valence-corrected chi connectivity index (χ4v) is 3.41. The molecule has 1 aromatic carbocycles. The first-order valence-electron chi connectivity index (χ1n) is 11.5. The van der Waals surface area contributed by atoms with Crippen molar-refractivity contribution in [2.45, 2.75) is 49.9 Å². The average Bonchev–Trinajstić information content (AvgIpc) is 3.36. The van der Waals surface area contributed by atoms with E-state index in [-0.39, 0.29) is 18.6 Å². The zero-order valence-corrected chi connectivity index (χ0v) is 20.5. The smallest absolute Gasteiger partial charge is 0.326 e. The van der Waals surface area contributed by atoms with Crippen LogP contribution in [0.15, 0.2) is 36.8 Å². The lowest BCUT2D eigenvalue weighted by Crippen LogP contribution is -2.58. The Bertz CT molecular complexity index is 1190. The van der Waals surface area contributed by atoms with Crippen molar-refractivity contribution in [1.82, 2.24) is 25.9 Å². The van der Waals surface area contributed by atoms with Gasteiger partial charge in [0.2, 0.25) is 23.6 Å². The average molecular weight is 548 g/mol. The van der Waals surface area contributed by atoms with Crippen LogP contribution in [0, 0.1) is 0 Å². The number of nitrogens with two attached hydrogens (primary N) is 2. The number of carboxylic acid groups (broad SMARTS) is 2. The number of phenolic OH excluding ortho intramolecular Hbond substituents is 1. The number of carbonyl (C=O) groups is 6. The molecule has 0 bridgehead atoms. The fraction of sp³-hybridized carbons (Fsp3) is 0.348. The summed E-state index contributed by atoms with van der Waals surface area (Å²) in [7, 11) is 0. The number of carboxylic acids is 2. The predicted octanol–water partition coefficient (Wildman–Crippen LogP) is -2.88. The second-order valence-corrected chi connectivity index (χ2v) is 8.55. The van der Waals surface area contributed by atoms with Gasteiger partial charge in [-0.05, 0) is 17.7 Å². The van der Waals surface area contributed by atoms with E-state index in [0.717, 1.165) is 0 Å². The standard InChI is InChI=1S/C23H29N7O9/c24-14(7-18(25)32)20(35)28-16(6-12-9-26-10-27-12)22(37)29-15(5-11-1-3-13(31)4-2-11)21(36)30-17(23(38)39)8-19(33)34/h1-4,9-10,14-17,31H,5-8,24H2,(H2,25,32)(H,26,27)(H,28,35)(H,29,37)(H,30,36)(H,33,34)(H,38,39). The maximum absolute atomic E-state index is 13.3. The van der Waals surface area contributed by atoms with Gasteiger partial charge in [0, 0.05) is 24.7 Å². The number of aromatic hydroxyl groups is 1. The minimum absolute atomic E-state index is 0.0641. The van der Waals surface area contributed by atoms with E-state index in [4.69, 9.17) is 16.6 Å². The van der Waals surface area contributed by atoms with E-state index in [2.05, 4.69) is 25.9 Å². The normalized spacial score (nSPS) is 13.8. The monoisotopic (exact) mass is 547 g/mol. The number of rotatable bonds is 15. The summed E-state index contributed by atoms with van der Waals surface area (Å²) in [4.78, 5) is 79.1. The molecule has 0 spiro atoms. The second kappa shape index (κ2) is 14.1. The molecule has 4 amide bonds. The van der Waals surface area contributed by atoms with Crippen molar-refractivity contribution in [2.75, 3.05) is 0 Å². The number of aliphatic carboxylic acids is 2. The van der Waals surface area contributed by atoms with Crippen molar-refractivity contribution in [2.24, 2.45) is 11.5 Å². The highest BCUT2D eigenvalue weighted by Crippen LogP contribution is 2.12. The Hall–Kier alpha value is -4.99. The summed E-state index contributed by atoms with van der Waals surface area (Å²) in [5.74, 6) is -6.75.